The van der Waals surface area contributed by atoms with Crippen molar-refractivity contribution in [3.63, 3.8) is 0 Å². The molecule has 2 aromatic carbocycles. The van der Waals surface area contributed by atoms with Gasteiger partial charge in [-0.15, -0.1) is 0 Å². The number of benzene rings is 2. The first-order valence-corrected chi connectivity index (χ1v) is 12.8. The Morgan fingerprint density at radius 2 is 1.93 bits per heavy atom. The Labute approximate surface area is 191 Å². The number of amides is 1. The number of ether oxygens (including phenoxy) is 1. The monoisotopic (exact) mass is 490 g/mol. The molecule has 10 heteroatoms. The highest BCUT2D eigenvalue weighted by molar-refractivity contribution is 7.98. The number of nitrogens with one attached hydrogen (secondary N) is 1. The molecule has 0 unspecified atom stereocenters. The average Bonchev–Trinajstić information content (AvgIpc) is 2.66. The van der Waals surface area contributed by atoms with Gasteiger partial charge in [0.25, 0.3) is 0 Å². The molecule has 0 aliphatic rings. The van der Waals surface area contributed by atoms with Crippen LogP contribution in [0, 0.1) is 6.92 Å². The number of rotatable bonds is 10. The van der Waals surface area contributed by atoms with Gasteiger partial charge in [0.05, 0.1) is 19.1 Å². The molecule has 30 heavy (non-hydrogen) atoms. The summed E-state index contributed by atoms with van der Waals surface area (Å²) in [5.74, 6) is 1.32. The lowest BCUT2D eigenvalue weighted by atomic mass is 10.2. The maximum atomic E-state index is 12.4. The number of anilines is 1. The number of thioether (sulfide) groups is 1. The number of hydrogen-bond donors (Lipinski definition) is 1. The third kappa shape index (κ3) is 7.27. The van der Waals surface area contributed by atoms with E-state index >= 15 is 0 Å². The standard InChI is InChI=1S/C20H24Cl2N2O4S2/c1-14-4-7-19(28-2)18(10-14)24(30(3,26)27)12-20(25)23-8-9-29-13-15-5-6-16(21)11-17(15)22/h4-7,10-11H,8-9,12-13H2,1-3H3,(H,23,25). The molecule has 164 valence electrons. The number of carbonyl (C=O) groups is 1. The van der Waals surface area contributed by atoms with Gasteiger partial charge in [0, 0.05) is 28.1 Å². The van der Waals surface area contributed by atoms with Crippen LogP contribution in [0.2, 0.25) is 10.0 Å². The molecule has 0 heterocycles. The Bertz CT molecular complexity index is 1000. The van der Waals surface area contributed by atoms with E-state index in [1.807, 2.05) is 19.1 Å². The first-order chi connectivity index (χ1) is 14.1. The van der Waals surface area contributed by atoms with E-state index in [-0.39, 0.29) is 6.54 Å². The van der Waals surface area contributed by atoms with Gasteiger partial charge in [0.15, 0.2) is 0 Å². The molecule has 6 nitrogen and oxygen atoms in total. The van der Waals surface area contributed by atoms with Gasteiger partial charge in [-0.1, -0.05) is 35.3 Å². The van der Waals surface area contributed by atoms with E-state index in [4.69, 9.17) is 27.9 Å². The number of nitrogens with zero attached hydrogens (tertiary/aromatic N) is 1. The molecule has 0 aliphatic carbocycles. The zero-order valence-corrected chi connectivity index (χ0v) is 20.1. The number of halogens is 2. The van der Waals surface area contributed by atoms with Gasteiger partial charge < -0.3 is 10.1 Å². The van der Waals surface area contributed by atoms with Crippen LogP contribution in [0.3, 0.4) is 0 Å². The van der Waals surface area contributed by atoms with Crippen molar-refractivity contribution in [1.82, 2.24) is 5.32 Å². The molecule has 1 amide bonds. The molecule has 0 radical (unpaired) electrons. The zero-order chi connectivity index (χ0) is 22.3. The van der Waals surface area contributed by atoms with Crippen molar-refractivity contribution in [3.8, 4) is 5.75 Å². The first kappa shape index (κ1) is 24.7. The summed E-state index contributed by atoms with van der Waals surface area (Å²) >= 11 is 13.6. The predicted molar refractivity (Wildman–Crippen MR) is 126 cm³/mol. The smallest absolute Gasteiger partial charge is 0.240 e. The fourth-order valence-electron chi connectivity index (χ4n) is 2.65. The maximum absolute atomic E-state index is 12.4. The number of aryl methyl sites for hydroxylation is 1. The van der Waals surface area contributed by atoms with E-state index in [1.165, 1.54) is 7.11 Å². The second-order valence-electron chi connectivity index (χ2n) is 6.58. The second-order valence-corrected chi connectivity index (χ2v) is 10.4. The SMILES string of the molecule is COc1ccc(C)cc1N(CC(=O)NCCSCc1ccc(Cl)cc1Cl)S(C)(=O)=O. The Morgan fingerprint density at radius 1 is 1.20 bits per heavy atom. The molecule has 2 rings (SSSR count). The normalized spacial score (nSPS) is 11.2. The minimum atomic E-state index is -3.68. The predicted octanol–water partition coefficient (Wildman–Crippen LogP) is 4.13. The summed E-state index contributed by atoms with van der Waals surface area (Å²) in [4.78, 5) is 12.4. The summed E-state index contributed by atoms with van der Waals surface area (Å²) in [5.41, 5.74) is 2.16. The number of hydrogen-bond acceptors (Lipinski definition) is 5. The van der Waals surface area contributed by atoms with E-state index in [0.717, 1.165) is 21.7 Å². The van der Waals surface area contributed by atoms with E-state index < -0.39 is 15.9 Å². The molecule has 0 bridgehead atoms. The van der Waals surface area contributed by atoms with Gasteiger partial charge in [-0.3, -0.25) is 9.10 Å². The Balaban J connectivity index is 1.92. The molecule has 2 aromatic rings. The third-order valence-electron chi connectivity index (χ3n) is 4.13. The number of methoxy groups -OCH3 is 1. The molecule has 0 saturated heterocycles. The molecule has 0 spiro atoms. The van der Waals surface area contributed by atoms with E-state index in [1.54, 1.807) is 36.0 Å². The van der Waals surface area contributed by atoms with Gasteiger partial charge in [-0.05, 0) is 42.3 Å². The largest absolute Gasteiger partial charge is 0.495 e. The van der Waals surface area contributed by atoms with Gasteiger partial charge in [-0.25, -0.2) is 8.42 Å². The van der Waals surface area contributed by atoms with Crippen molar-refractivity contribution >= 4 is 56.6 Å². The summed E-state index contributed by atoms with van der Waals surface area (Å²) in [6, 6.07) is 10.5. The molecule has 0 saturated carbocycles. The topological polar surface area (TPSA) is 75.7 Å². The minimum Gasteiger partial charge on any atom is -0.495 e. The van der Waals surface area contributed by atoms with Crippen LogP contribution in [-0.2, 0) is 20.6 Å². The molecule has 0 aliphatic heterocycles. The lowest BCUT2D eigenvalue weighted by Crippen LogP contribution is -2.41. The number of sulfonamides is 1. The second kappa shape index (κ2) is 11.1. The number of carbonyl (C=O) groups excluding carboxylic acids is 1. The van der Waals surface area contributed by atoms with Gasteiger partial charge in [0.2, 0.25) is 15.9 Å². The van der Waals surface area contributed by atoms with Crippen LogP contribution in [0.1, 0.15) is 11.1 Å². The van der Waals surface area contributed by atoms with E-state index in [9.17, 15) is 13.2 Å². The highest BCUT2D eigenvalue weighted by Crippen LogP contribution is 2.30. The fraction of sp³-hybridized carbons (Fsp3) is 0.350. The third-order valence-corrected chi connectivity index (χ3v) is 6.85. The Morgan fingerprint density at radius 3 is 2.57 bits per heavy atom. The van der Waals surface area contributed by atoms with Crippen LogP contribution in [0.15, 0.2) is 36.4 Å². The van der Waals surface area contributed by atoms with Crippen molar-refractivity contribution < 1.29 is 17.9 Å². The Kier molecular flexibility index (Phi) is 9.15. The van der Waals surface area contributed by atoms with E-state index in [0.29, 0.717) is 39.5 Å². The Hall–Kier alpha value is -1.61. The summed E-state index contributed by atoms with van der Waals surface area (Å²) in [7, 11) is -2.22. The minimum absolute atomic E-state index is 0.327. The first-order valence-electron chi connectivity index (χ1n) is 9.02. The fourth-order valence-corrected chi connectivity index (χ4v) is 4.91. The van der Waals surface area contributed by atoms with Crippen molar-refractivity contribution in [3.05, 3.63) is 57.6 Å². The van der Waals surface area contributed by atoms with Crippen LogP contribution >= 0.6 is 35.0 Å². The summed E-state index contributed by atoms with van der Waals surface area (Å²) in [6.07, 6.45) is 1.06. The molecular weight excluding hydrogens is 467 g/mol. The van der Waals surface area contributed by atoms with Crippen molar-refractivity contribution in [2.45, 2.75) is 12.7 Å². The zero-order valence-electron chi connectivity index (χ0n) is 16.9. The van der Waals surface area contributed by atoms with Crippen LogP contribution in [0.5, 0.6) is 5.75 Å². The molecule has 0 aromatic heterocycles. The molecule has 0 atom stereocenters. The van der Waals surface area contributed by atoms with Crippen LogP contribution < -0.4 is 14.4 Å². The average molecular weight is 491 g/mol. The summed E-state index contributed by atoms with van der Waals surface area (Å²) < 4.78 is 30.9. The van der Waals surface area contributed by atoms with Crippen LogP contribution in [0.4, 0.5) is 5.69 Å². The van der Waals surface area contributed by atoms with Crippen molar-refractivity contribution in [1.29, 1.82) is 0 Å². The quantitative estimate of drug-likeness (QED) is 0.506. The van der Waals surface area contributed by atoms with Gasteiger partial charge in [-0.2, -0.15) is 11.8 Å². The summed E-state index contributed by atoms with van der Waals surface area (Å²) in [5, 5.41) is 3.95. The lowest BCUT2D eigenvalue weighted by molar-refractivity contribution is -0.119. The van der Waals surface area contributed by atoms with Crippen molar-refractivity contribution in [2.24, 2.45) is 0 Å². The maximum Gasteiger partial charge on any atom is 0.240 e. The molecular formula is C20H24Cl2N2O4S2. The molecule has 1 N–H and O–H groups in total. The van der Waals surface area contributed by atoms with E-state index in [2.05, 4.69) is 5.32 Å². The van der Waals surface area contributed by atoms with Gasteiger partial charge in [0.1, 0.15) is 12.3 Å². The van der Waals surface area contributed by atoms with Crippen molar-refractivity contribution in [2.75, 3.05) is 36.5 Å². The molecule has 0 fully saturated rings. The van der Waals surface area contributed by atoms with Crippen LogP contribution in [-0.4, -0.2) is 46.5 Å². The van der Waals surface area contributed by atoms with Crippen LogP contribution in [0.25, 0.3) is 0 Å². The highest BCUT2D eigenvalue weighted by Gasteiger charge is 2.24. The summed E-state index contributed by atoms with van der Waals surface area (Å²) in [6.45, 7) is 1.91. The highest BCUT2D eigenvalue weighted by atomic mass is 35.5. The lowest BCUT2D eigenvalue weighted by Gasteiger charge is -2.24. The van der Waals surface area contributed by atoms with Gasteiger partial charge >= 0.3 is 0 Å².